The lowest BCUT2D eigenvalue weighted by Gasteiger charge is -2.16. The Labute approximate surface area is 123 Å². The molecule has 2 nitrogen and oxygen atoms in total. The highest BCUT2D eigenvalue weighted by Crippen LogP contribution is 2.36. The van der Waals surface area contributed by atoms with Crippen LogP contribution in [0.15, 0.2) is 42.5 Å². The van der Waals surface area contributed by atoms with Gasteiger partial charge >= 0.3 is 0 Å². The van der Waals surface area contributed by atoms with E-state index >= 15 is 0 Å². The maximum atomic E-state index is 14.5. The predicted molar refractivity (Wildman–Crippen MR) is 79.8 cm³/mol. The van der Waals surface area contributed by atoms with E-state index in [1.165, 1.54) is 0 Å². The molecule has 0 heterocycles. The Morgan fingerprint density at radius 2 is 1.90 bits per heavy atom. The quantitative estimate of drug-likeness (QED) is 0.835. The highest BCUT2D eigenvalue weighted by atomic mass is 35.5. The molecule has 2 aromatic carbocycles. The average Bonchev–Trinajstić information content (AvgIpc) is 2.45. The fraction of sp³-hybridized carbons (Fsp3) is 0.250. The van der Waals surface area contributed by atoms with Crippen molar-refractivity contribution >= 4 is 11.6 Å². The number of nitrogens with two attached hydrogens (primary N) is 1. The number of rotatable bonds is 5. The van der Waals surface area contributed by atoms with Gasteiger partial charge in [-0.2, -0.15) is 0 Å². The molecule has 0 spiro atoms. The number of para-hydroxylation sites is 1. The maximum absolute atomic E-state index is 14.5. The summed E-state index contributed by atoms with van der Waals surface area (Å²) in [5, 5.41) is 0.235. The second kappa shape index (κ2) is 6.73. The van der Waals surface area contributed by atoms with E-state index in [9.17, 15) is 4.39 Å². The van der Waals surface area contributed by atoms with Crippen LogP contribution in [0, 0.1) is 5.82 Å². The molecular formula is C16H17ClFNO. The molecule has 0 aliphatic rings. The van der Waals surface area contributed by atoms with Crippen LogP contribution in [-0.2, 0) is 0 Å². The normalized spacial score (nSPS) is 12.2. The van der Waals surface area contributed by atoms with E-state index in [1.54, 1.807) is 24.3 Å². The van der Waals surface area contributed by atoms with Crippen molar-refractivity contribution in [1.29, 1.82) is 0 Å². The molecule has 0 unspecified atom stereocenters. The van der Waals surface area contributed by atoms with Crippen molar-refractivity contribution < 1.29 is 9.13 Å². The van der Waals surface area contributed by atoms with Gasteiger partial charge in [-0.15, -0.1) is 0 Å². The Morgan fingerprint density at radius 1 is 1.20 bits per heavy atom. The minimum atomic E-state index is -0.484. The Balaban J connectivity index is 2.35. The standard InChI is InChI=1S/C16H17ClFNO/c1-2-6-14(19)12-9-10-13(17)16(15(12)18)20-11-7-4-3-5-8-11/h3-5,7-10,14H,2,6,19H2,1H3/t14-/m1/s1. The van der Waals surface area contributed by atoms with E-state index in [2.05, 4.69) is 0 Å². The molecule has 0 fully saturated rings. The van der Waals surface area contributed by atoms with Gasteiger partial charge in [-0.3, -0.25) is 0 Å². The first-order chi connectivity index (χ1) is 9.63. The molecule has 4 heteroatoms. The molecule has 0 bridgehead atoms. The first kappa shape index (κ1) is 14.8. The van der Waals surface area contributed by atoms with Crippen molar-refractivity contribution in [2.45, 2.75) is 25.8 Å². The molecule has 0 saturated heterocycles. The highest BCUT2D eigenvalue weighted by Gasteiger charge is 2.18. The lowest BCUT2D eigenvalue weighted by atomic mass is 10.0. The van der Waals surface area contributed by atoms with Gasteiger partial charge in [-0.25, -0.2) is 4.39 Å². The molecule has 0 saturated carbocycles. The van der Waals surface area contributed by atoms with Gasteiger partial charge in [0, 0.05) is 11.6 Å². The van der Waals surface area contributed by atoms with E-state index in [0.717, 1.165) is 6.42 Å². The molecule has 2 rings (SSSR count). The van der Waals surface area contributed by atoms with Crippen LogP contribution in [0.25, 0.3) is 0 Å². The lowest BCUT2D eigenvalue weighted by molar-refractivity contribution is 0.433. The Morgan fingerprint density at radius 3 is 2.55 bits per heavy atom. The number of hydrogen-bond acceptors (Lipinski definition) is 2. The van der Waals surface area contributed by atoms with Crippen LogP contribution < -0.4 is 10.5 Å². The van der Waals surface area contributed by atoms with Crippen LogP contribution in [-0.4, -0.2) is 0 Å². The minimum Gasteiger partial charge on any atom is -0.453 e. The predicted octanol–water partition coefficient (Wildman–Crippen LogP) is 5.07. The van der Waals surface area contributed by atoms with Crippen molar-refractivity contribution in [3.8, 4) is 11.5 Å². The first-order valence-corrected chi connectivity index (χ1v) is 6.97. The van der Waals surface area contributed by atoms with Crippen molar-refractivity contribution in [1.82, 2.24) is 0 Å². The van der Waals surface area contributed by atoms with Crippen molar-refractivity contribution in [2.24, 2.45) is 5.73 Å². The highest BCUT2D eigenvalue weighted by molar-refractivity contribution is 6.32. The summed E-state index contributed by atoms with van der Waals surface area (Å²) in [6.45, 7) is 2.01. The maximum Gasteiger partial charge on any atom is 0.181 e. The zero-order chi connectivity index (χ0) is 14.5. The molecule has 2 N–H and O–H groups in total. The summed E-state index contributed by atoms with van der Waals surface area (Å²) in [6.07, 6.45) is 1.60. The van der Waals surface area contributed by atoms with Crippen LogP contribution in [0.4, 0.5) is 4.39 Å². The zero-order valence-electron chi connectivity index (χ0n) is 11.3. The fourth-order valence-electron chi connectivity index (χ4n) is 2.00. The van der Waals surface area contributed by atoms with E-state index in [4.69, 9.17) is 22.1 Å². The van der Waals surface area contributed by atoms with Crippen LogP contribution in [0.1, 0.15) is 31.4 Å². The zero-order valence-corrected chi connectivity index (χ0v) is 12.0. The molecule has 0 radical (unpaired) electrons. The topological polar surface area (TPSA) is 35.2 Å². The summed E-state index contributed by atoms with van der Waals surface area (Å²) in [6, 6.07) is 11.9. The number of ether oxygens (including phenoxy) is 1. The lowest BCUT2D eigenvalue weighted by Crippen LogP contribution is -2.12. The van der Waals surface area contributed by atoms with E-state index in [0.29, 0.717) is 17.7 Å². The van der Waals surface area contributed by atoms with Crippen molar-refractivity contribution in [3.05, 3.63) is 58.9 Å². The summed E-state index contributed by atoms with van der Waals surface area (Å²) in [4.78, 5) is 0. The minimum absolute atomic E-state index is 0.0296. The second-order valence-corrected chi connectivity index (χ2v) is 5.00. The first-order valence-electron chi connectivity index (χ1n) is 6.59. The van der Waals surface area contributed by atoms with E-state index in [1.807, 2.05) is 25.1 Å². The second-order valence-electron chi connectivity index (χ2n) is 4.59. The Kier molecular flexibility index (Phi) is 4.99. The largest absolute Gasteiger partial charge is 0.453 e. The van der Waals surface area contributed by atoms with Gasteiger partial charge in [0.1, 0.15) is 5.75 Å². The third-order valence-corrected chi connectivity index (χ3v) is 3.34. The van der Waals surface area contributed by atoms with Crippen molar-refractivity contribution in [2.75, 3.05) is 0 Å². The van der Waals surface area contributed by atoms with E-state index < -0.39 is 5.82 Å². The molecule has 2 aromatic rings. The molecular weight excluding hydrogens is 277 g/mol. The van der Waals surface area contributed by atoms with Crippen LogP contribution in [0.2, 0.25) is 5.02 Å². The Hall–Kier alpha value is -1.58. The SMILES string of the molecule is CCC[C@@H](N)c1ccc(Cl)c(Oc2ccccc2)c1F. The number of benzene rings is 2. The number of hydrogen-bond donors (Lipinski definition) is 1. The average molecular weight is 294 g/mol. The monoisotopic (exact) mass is 293 g/mol. The molecule has 106 valence electrons. The fourth-order valence-corrected chi connectivity index (χ4v) is 2.19. The summed E-state index contributed by atoms with van der Waals surface area (Å²) < 4.78 is 20.0. The molecule has 0 aliphatic heterocycles. The van der Waals surface area contributed by atoms with Gasteiger partial charge in [-0.05, 0) is 24.6 Å². The van der Waals surface area contributed by atoms with Gasteiger partial charge in [0.2, 0.25) is 0 Å². The van der Waals surface area contributed by atoms with E-state index in [-0.39, 0.29) is 16.8 Å². The van der Waals surface area contributed by atoms with Crippen molar-refractivity contribution in [3.63, 3.8) is 0 Å². The van der Waals surface area contributed by atoms with Gasteiger partial charge in [0.25, 0.3) is 0 Å². The third-order valence-electron chi connectivity index (χ3n) is 3.04. The summed E-state index contributed by atoms with van der Waals surface area (Å²) in [5.41, 5.74) is 6.41. The van der Waals surface area contributed by atoms with Gasteiger partial charge < -0.3 is 10.5 Å². The molecule has 0 amide bonds. The molecule has 1 atom stereocenters. The summed E-state index contributed by atoms with van der Waals surface area (Å²) >= 11 is 6.03. The van der Waals surface area contributed by atoms with Gasteiger partial charge in [-0.1, -0.05) is 49.2 Å². The third kappa shape index (κ3) is 3.30. The van der Waals surface area contributed by atoms with Gasteiger partial charge in [0.15, 0.2) is 11.6 Å². The summed E-state index contributed by atoms with van der Waals surface area (Å²) in [5.74, 6) is 0.0822. The van der Waals surface area contributed by atoms with Crippen LogP contribution in [0.5, 0.6) is 11.5 Å². The molecule has 0 aliphatic carbocycles. The van der Waals surface area contributed by atoms with Crippen LogP contribution >= 0.6 is 11.6 Å². The smallest absolute Gasteiger partial charge is 0.181 e. The Bertz CT molecular complexity index is 574. The summed E-state index contributed by atoms with van der Waals surface area (Å²) in [7, 11) is 0. The number of halogens is 2. The molecule has 0 aromatic heterocycles. The van der Waals surface area contributed by atoms with Crippen LogP contribution in [0.3, 0.4) is 0 Å². The molecule has 20 heavy (non-hydrogen) atoms. The van der Waals surface area contributed by atoms with Gasteiger partial charge in [0.05, 0.1) is 5.02 Å².